The van der Waals surface area contributed by atoms with Gasteiger partial charge in [-0.2, -0.15) is 0 Å². The van der Waals surface area contributed by atoms with E-state index in [0.717, 1.165) is 12.3 Å². The summed E-state index contributed by atoms with van der Waals surface area (Å²) in [5.74, 6) is -0.129. The van der Waals surface area contributed by atoms with E-state index in [2.05, 4.69) is 15.9 Å². The van der Waals surface area contributed by atoms with E-state index >= 15 is 0 Å². The molecule has 0 heterocycles. The van der Waals surface area contributed by atoms with Gasteiger partial charge in [0.05, 0.1) is 0 Å². The number of halogens is 3. The van der Waals surface area contributed by atoms with Crippen molar-refractivity contribution in [2.45, 2.75) is 43.4 Å². The van der Waals surface area contributed by atoms with Crippen LogP contribution in [0.15, 0.2) is 18.2 Å². The van der Waals surface area contributed by atoms with E-state index < -0.39 is 11.6 Å². The Balaban J connectivity index is 1.95. The van der Waals surface area contributed by atoms with Crippen LogP contribution in [0.25, 0.3) is 0 Å². The molecule has 1 aromatic carbocycles. The molecule has 0 bridgehead atoms. The molecule has 1 aromatic rings. The first kappa shape index (κ1) is 13.0. The van der Waals surface area contributed by atoms with Crippen molar-refractivity contribution in [1.29, 1.82) is 0 Å². The minimum absolute atomic E-state index is 0.178. The van der Waals surface area contributed by atoms with Crippen molar-refractivity contribution in [3.63, 3.8) is 0 Å². The zero-order valence-electron chi connectivity index (χ0n) is 9.76. The molecule has 3 heteroatoms. The van der Waals surface area contributed by atoms with Crippen molar-refractivity contribution >= 4 is 15.9 Å². The van der Waals surface area contributed by atoms with E-state index in [0.29, 0.717) is 6.42 Å². The van der Waals surface area contributed by atoms with Crippen molar-refractivity contribution in [2.24, 2.45) is 5.92 Å². The molecule has 1 unspecified atom stereocenters. The molecule has 0 N–H and O–H groups in total. The lowest BCUT2D eigenvalue weighted by Crippen LogP contribution is -2.11. The Morgan fingerprint density at radius 1 is 1.18 bits per heavy atom. The summed E-state index contributed by atoms with van der Waals surface area (Å²) >= 11 is 3.56. The third-order valence-electron chi connectivity index (χ3n) is 3.55. The van der Waals surface area contributed by atoms with Crippen LogP contribution in [0, 0.1) is 17.6 Å². The summed E-state index contributed by atoms with van der Waals surface area (Å²) in [5.41, 5.74) is 0.215. The van der Waals surface area contributed by atoms with Gasteiger partial charge in [0.2, 0.25) is 0 Å². The van der Waals surface area contributed by atoms with Crippen LogP contribution in [0.4, 0.5) is 8.78 Å². The van der Waals surface area contributed by atoms with Gasteiger partial charge >= 0.3 is 0 Å². The van der Waals surface area contributed by atoms with Gasteiger partial charge in [0.25, 0.3) is 0 Å². The third-order valence-corrected chi connectivity index (χ3v) is 4.25. The molecular formula is C14H17BrF2. The molecule has 0 amide bonds. The Morgan fingerprint density at radius 2 is 1.76 bits per heavy atom. The summed E-state index contributed by atoms with van der Waals surface area (Å²) in [6.45, 7) is 0. The van der Waals surface area contributed by atoms with Gasteiger partial charge in [-0.15, -0.1) is 0 Å². The van der Waals surface area contributed by atoms with Crippen molar-refractivity contribution < 1.29 is 8.78 Å². The van der Waals surface area contributed by atoms with E-state index in [1.807, 2.05) is 0 Å². The summed E-state index contributed by atoms with van der Waals surface area (Å²) in [7, 11) is 0. The molecule has 2 rings (SSSR count). The van der Waals surface area contributed by atoms with Gasteiger partial charge < -0.3 is 0 Å². The number of hydrogen-bond acceptors (Lipinski definition) is 0. The van der Waals surface area contributed by atoms with Crippen molar-refractivity contribution in [1.82, 2.24) is 0 Å². The van der Waals surface area contributed by atoms with Crippen LogP contribution < -0.4 is 0 Å². The van der Waals surface area contributed by atoms with E-state index in [-0.39, 0.29) is 10.4 Å². The molecular weight excluding hydrogens is 286 g/mol. The molecule has 0 spiro atoms. The van der Waals surface area contributed by atoms with Crippen LogP contribution >= 0.6 is 15.9 Å². The van der Waals surface area contributed by atoms with Gasteiger partial charge in [-0.3, -0.25) is 0 Å². The molecule has 94 valence electrons. The molecule has 0 nitrogen and oxygen atoms in total. The van der Waals surface area contributed by atoms with Crippen LogP contribution in [0.5, 0.6) is 0 Å². The summed E-state index contributed by atoms with van der Waals surface area (Å²) in [5, 5.41) is 0. The Kier molecular flexibility index (Phi) is 4.55. The Hall–Kier alpha value is -0.440. The monoisotopic (exact) mass is 302 g/mol. The maximum absolute atomic E-state index is 13.5. The fraction of sp³-hybridized carbons (Fsp3) is 0.571. The molecule has 0 aromatic heterocycles. The fourth-order valence-electron chi connectivity index (χ4n) is 2.64. The van der Waals surface area contributed by atoms with E-state index in [1.165, 1.54) is 43.9 Å². The maximum Gasteiger partial charge on any atom is 0.129 e. The number of hydrogen-bond donors (Lipinski definition) is 0. The summed E-state index contributed by atoms with van der Waals surface area (Å²) in [6, 6.07) is 4.07. The van der Waals surface area contributed by atoms with E-state index in [4.69, 9.17) is 0 Å². The lowest BCUT2D eigenvalue weighted by Gasteiger charge is -2.15. The zero-order valence-corrected chi connectivity index (χ0v) is 11.3. The second kappa shape index (κ2) is 5.94. The normalized spacial score (nSPS) is 18.5. The molecule has 1 atom stereocenters. The molecule has 0 saturated heterocycles. The van der Waals surface area contributed by atoms with Gasteiger partial charge in [-0.1, -0.05) is 47.7 Å². The highest BCUT2D eigenvalue weighted by Crippen LogP contribution is 2.31. The van der Waals surface area contributed by atoms with Gasteiger partial charge in [0.1, 0.15) is 11.6 Å². The highest BCUT2D eigenvalue weighted by Gasteiger charge is 2.20. The Bertz CT molecular complexity index is 352. The molecule has 17 heavy (non-hydrogen) atoms. The van der Waals surface area contributed by atoms with Crippen LogP contribution in [0.2, 0.25) is 0 Å². The minimum Gasteiger partial charge on any atom is -0.207 e. The quantitative estimate of drug-likeness (QED) is 0.697. The minimum atomic E-state index is -0.430. The number of benzene rings is 1. The topological polar surface area (TPSA) is 0 Å². The molecule has 0 radical (unpaired) electrons. The van der Waals surface area contributed by atoms with E-state index in [9.17, 15) is 8.78 Å². The number of rotatable bonds is 4. The van der Waals surface area contributed by atoms with Crippen molar-refractivity contribution in [3.05, 3.63) is 35.4 Å². The standard InChI is InChI=1S/C14H17BrF2/c15-11(8-10-4-1-2-5-10)9-12-13(16)6-3-7-14(12)17/h3,6-7,10-11H,1-2,4-5,8-9H2. The van der Waals surface area contributed by atoms with Crippen LogP contribution in [0.1, 0.15) is 37.7 Å². The van der Waals surface area contributed by atoms with Crippen LogP contribution in [-0.4, -0.2) is 4.83 Å². The van der Waals surface area contributed by atoms with Crippen LogP contribution in [0.3, 0.4) is 0 Å². The second-order valence-electron chi connectivity index (χ2n) is 4.89. The zero-order chi connectivity index (χ0) is 12.3. The van der Waals surface area contributed by atoms with E-state index in [1.54, 1.807) is 0 Å². The lowest BCUT2D eigenvalue weighted by atomic mass is 9.98. The first-order chi connectivity index (χ1) is 8.16. The van der Waals surface area contributed by atoms with Gasteiger partial charge in [0, 0.05) is 10.4 Å². The molecule has 0 aliphatic heterocycles. The summed E-state index contributed by atoms with van der Waals surface area (Å²) in [6.07, 6.45) is 6.60. The largest absolute Gasteiger partial charge is 0.207 e. The first-order valence-electron chi connectivity index (χ1n) is 6.23. The summed E-state index contributed by atoms with van der Waals surface area (Å²) < 4.78 is 26.9. The smallest absolute Gasteiger partial charge is 0.129 e. The average Bonchev–Trinajstić information content (AvgIpc) is 2.76. The SMILES string of the molecule is Fc1cccc(F)c1CC(Br)CC1CCCC1. The predicted molar refractivity (Wildman–Crippen MR) is 69.4 cm³/mol. The van der Waals surface area contributed by atoms with Crippen molar-refractivity contribution in [2.75, 3.05) is 0 Å². The van der Waals surface area contributed by atoms with Gasteiger partial charge in [0.15, 0.2) is 0 Å². The average molecular weight is 303 g/mol. The number of alkyl halides is 1. The van der Waals surface area contributed by atoms with Crippen molar-refractivity contribution in [3.8, 4) is 0 Å². The lowest BCUT2D eigenvalue weighted by molar-refractivity contribution is 0.483. The Morgan fingerprint density at radius 3 is 2.35 bits per heavy atom. The maximum atomic E-state index is 13.5. The predicted octanol–water partition coefficient (Wildman–Crippen LogP) is 4.85. The third kappa shape index (κ3) is 3.51. The molecule has 1 aliphatic carbocycles. The van der Waals surface area contributed by atoms with Crippen LogP contribution in [-0.2, 0) is 6.42 Å². The Labute approximate surface area is 110 Å². The van der Waals surface area contributed by atoms with Gasteiger partial charge in [-0.25, -0.2) is 8.78 Å². The first-order valence-corrected chi connectivity index (χ1v) is 7.15. The second-order valence-corrected chi connectivity index (χ2v) is 6.18. The fourth-order valence-corrected chi connectivity index (χ4v) is 3.49. The van der Waals surface area contributed by atoms with Gasteiger partial charge in [-0.05, 0) is 30.9 Å². The summed E-state index contributed by atoms with van der Waals surface area (Å²) in [4.78, 5) is 0.178. The highest BCUT2D eigenvalue weighted by molar-refractivity contribution is 9.09. The molecule has 1 fully saturated rings. The molecule has 1 aliphatic rings. The molecule has 1 saturated carbocycles. The highest BCUT2D eigenvalue weighted by atomic mass is 79.9.